The Balaban J connectivity index is 2.19. The van der Waals surface area contributed by atoms with E-state index in [0.717, 1.165) is 18.0 Å². The van der Waals surface area contributed by atoms with Crippen LogP contribution in [0.4, 0.5) is 0 Å². The summed E-state index contributed by atoms with van der Waals surface area (Å²) in [6, 6.07) is 6.77. The minimum absolute atomic E-state index is 0.295. The average Bonchev–Trinajstić information content (AvgIpc) is 2.66. The SMILES string of the molecule is CCNC(Cc1ccc(C)cc1Cl)C1C(C)OC(C)C1C. The van der Waals surface area contributed by atoms with Crippen molar-refractivity contribution in [2.24, 2.45) is 11.8 Å². The number of hydrogen-bond donors (Lipinski definition) is 1. The van der Waals surface area contributed by atoms with Crippen LogP contribution in [0.3, 0.4) is 0 Å². The Hall–Kier alpha value is -0.570. The van der Waals surface area contributed by atoms with Crippen molar-refractivity contribution in [1.82, 2.24) is 5.32 Å². The molecule has 0 spiro atoms. The van der Waals surface area contributed by atoms with Gasteiger partial charge >= 0.3 is 0 Å². The predicted octanol–water partition coefficient (Wildman–Crippen LogP) is 4.23. The molecule has 0 aliphatic carbocycles. The van der Waals surface area contributed by atoms with Crippen molar-refractivity contribution in [2.75, 3.05) is 6.54 Å². The summed E-state index contributed by atoms with van der Waals surface area (Å²) in [5.41, 5.74) is 2.44. The highest BCUT2D eigenvalue weighted by Crippen LogP contribution is 2.36. The molecule has 118 valence electrons. The number of nitrogens with one attached hydrogen (secondary N) is 1. The lowest BCUT2D eigenvalue weighted by molar-refractivity contribution is 0.0476. The summed E-state index contributed by atoms with van der Waals surface area (Å²) in [5, 5.41) is 4.54. The first kappa shape index (κ1) is 16.8. The molecule has 0 bridgehead atoms. The Morgan fingerprint density at radius 2 is 1.95 bits per heavy atom. The molecular formula is C18H28ClNO. The Kier molecular flexibility index (Phi) is 5.70. The highest BCUT2D eigenvalue weighted by molar-refractivity contribution is 6.31. The molecule has 1 fully saturated rings. The van der Waals surface area contributed by atoms with E-state index in [1.807, 2.05) is 0 Å². The van der Waals surface area contributed by atoms with E-state index in [2.05, 4.69) is 58.1 Å². The van der Waals surface area contributed by atoms with Crippen molar-refractivity contribution in [2.45, 2.75) is 59.3 Å². The van der Waals surface area contributed by atoms with Gasteiger partial charge in [-0.05, 0) is 56.8 Å². The van der Waals surface area contributed by atoms with E-state index < -0.39 is 0 Å². The van der Waals surface area contributed by atoms with E-state index in [-0.39, 0.29) is 0 Å². The zero-order chi connectivity index (χ0) is 15.6. The average molecular weight is 310 g/mol. The van der Waals surface area contributed by atoms with Crippen LogP contribution in [0.5, 0.6) is 0 Å². The van der Waals surface area contributed by atoms with E-state index in [4.69, 9.17) is 16.3 Å². The zero-order valence-corrected chi connectivity index (χ0v) is 14.6. The van der Waals surface area contributed by atoms with E-state index in [0.29, 0.717) is 30.1 Å². The molecule has 1 aromatic rings. The minimum Gasteiger partial charge on any atom is -0.375 e. The first-order valence-corrected chi connectivity index (χ1v) is 8.45. The van der Waals surface area contributed by atoms with Crippen LogP contribution in [-0.4, -0.2) is 24.8 Å². The molecule has 5 unspecified atom stereocenters. The van der Waals surface area contributed by atoms with Crippen LogP contribution in [0.1, 0.15) is 38.8 Å². The van der Waals surface area contributed by atoms with Gasteiger partial charge in [-0.1, -0.05) is 37.6 Å². The van der Waals surface area contributed by atoms with Gasteiger partial charge in [0.15, 0.2) is 0 Å². The van der Waals surface area contributed by atoms with Gasteiger partial charge in [0.2, 0.25) is 0 Å². The van der Waals surface area contributed by atoms with E-state index >= 15 is 0 Å². The van der Waals surface area contributed by atoms with Crippen LogP contribution >= 0.6 is 11.6 Å². The minimum atomic E-state index is 0.295. The molecule has 1 aliphatic rings. The zero-order valence-electron chi connectivity index (χ0n) is 13.8. The van der Waals surface area contributed by atoms with Gasteiger partial charge in [-0.3, -0.25) is 0 Å². The van der Waals surface area contributed by atoms with E-state index in [9.17, 15) is 0 Å². The molecule has 0 radical (unpaired) electrons. The third-order valence-electron chi connectivity index (χ3n) is 4.90. The highest BCUT2D eigenvalue weighted by Gasteiger charge is 2.41. The Labute approximate surface area is 134 Å². The van der Waals surface area contributed by atoms with Gasteiger partial charge in [0.05, 0.1) is 12.2 Å². The van der Waals surface area contributed by atoms with Gasteiger partial charge < -0.3 is 10.1 Å². The molecule has 3 heteroatoms. The fourth-order valence-electron chi connectivity index (χ4n) is 3.65. The van der Waals surface area contributed by atoms with Crippen LogP contribution in [0.2, 0.25) is 5.02 Å². The molecular weight excluding hydrogens is 282 g/mol. The summed E-state index contributed by atoms with van der Waals surface area (Å²) >= 11 is 6.42. The molecule has 1 heterocycles. The first-order valence-electron chi connectivity index (χ1n) is 8.07. The topological polar surface area (TPSA) is 21.3 Å². The number of likely N-dealkylation sites (N-methyl/N-ethyl adjacent to an activating group) is 1. The number of aryl methyl sites for hydroxylation is 1. The Morgan fingerprint density at radius 1 is 1.24 bits per heavy atom. The fourth-order valence-corrected chi connectivity index (χ4v) is 3.96. The lowest BCUT2D eigenvalue weighted by atomic mass is 9.81. The highest BCUT2D eigenvalue weighted by atomic mass is 35.5. The standard InChI is InChI=1S/C18H28ClNO/c1-6-20-17(18-12(3)13(4)21-14(18)5)10-15-8-7-11(2)9-16(15)19/h7-9,12-14,17-18,20H,6,10H2,1-5H3. The maximum atomic E-state index is 6.42. The lowest BCUT2D eigenvalue weighted by Gasteiger charge is -2.30. The van der Waals surface area contributed by atoms with Crippen LogP contribution in [0.15, 0.2) is 18.2 Å². The summed E-state index contributed by atoms with van der Waals surface area (Å²) in [4.78, 5) is 0. The van der Waals surface area contributed by atoms with Crippen LogP contribution in [0, 0.1) is 18.8 Å². The largest absolute Gasteiger partial charge is 0.375 e. The first-order chi connectivity index (χ1) is 9.93. The summed E-state index contributed by atoms with van der Waals surface area (Å²) in [5.74, 6) is 1.09. The van der Waals surface area contributed by atoms with Gasteiger partial charge in [-0.2, -0.15) is 0 Å². The van der Waals surface area contributed by atoms with Gasteiger partial charge in [-0.15, -0.1) is 0 Å². The molecule has 2 rings (SSSR count). The summed E-state index contributed by atoms with van der Waals surface area (Å²) in [6.07, 6.45) is 1.59. The molecule has 0 aromatic heterocycles. The normalized spacial score (nSPS) is 30.6. The van der Waals surface area contributed by atoms with Crippen molar-refractivity contribution in [3.05, 3.63) is 34.3 Å². The van der Waals surface area contributed by atoms with Crippen molar-refractivity contribution < 1.29 is 4.74 Å². The molecule has 0 saturated carbocycles. The molecule has 1 saturated heterocycles. The summed E-state index contributed by atoms with van der Waals surface area (Å²) in [6.45, 7) is 11.9. The smallest absolute Gasteiger partial charge is 0.0597 e. The maximum Gasteiger partial charge on any atom is 0.0597 e. The lowest BCUT2D eigenvalue weighted by Crippen LogP contribution is -2.43. The molecule has 5 atom stereocenters. The van der Waals surface area contributed by atoms with Crippen LogP contribution in [0.25, 0.3) is 0 Å². The number of ether oxygens (including phenoxy) is 1. The van der Waals surface area contributed by atoms with Crippen molar-refractivity contribution >= 4 is 11.6 Å². The van der Waals surface area contributed by atoms with Crippen molar-refractivity contribution in [1.29, 1.82) is 0 Å². The molecule has 1 aliphatic heterocycles. The van der Waals surface area contributed by atoms with Gasteiger partial charge in [-0.25, -0.2) is 0 Å². The third kappa shape index (κ3) is 3.80. The summed E-state index contributed by atoms with van der Waals surface area (Å²) in [7, 11) is 0. The van der Waals surface area contributed by atoms with E-state index in [1.165, 1.54) is 11.1 Å². The molecule has 0 amide bonds. The number of rotatable bonds is 5. The Morgan fingerprint density at radius 3 is 2.48 bits per heavy atom. The maximum absolute atomic E-state index is 6.42. The van der Waals surface area contributed by atoms with Crippen molar-refractivity contribution in [3.63, 3.8) is 0 Å². The number of hydrogen-bond acceptors (Lipinski definition) is 2. The molecule has 1 N–H and O–H groups in total. The number of benzene rings is 1. The van der Waals surface area contributed by atoms with Gasteiger partial charge in [0.1, 0.15) is 0 Å². The summed E-state index contributed by atoms with van der Waals surface area (Å²) < 4.78 is 6.03. The van der Waals surface area contributed by atoms with Gasteiger partial charge in [0, 0.05) is 17.0 Å². The second-order valence-electron chi connectivity index (χ2n) is 6.45. The quantitative estimate of drug-likeness (QED) is 0.879. The molecule has 21 heavy (non-hydrogen) atoms. The van der Waals surface area contributed by atoms with Gasteiger partial charge in [0.25, 0.3) is 0 Å². The fraction of sp³-hybridized carbons (Fsp3) is 0.667. The monoisotopic (exact) mass is 309 g/mol. The number of halogens is 1. The van der Waals surface area contributed by atoms with Crippen LogP contribution < -0.4 is 5.32 Å². The molecule has 2 nitrogen and oxygen atoms in total. The second-order valence-corrected chi connectivity index (χ2v) is 6.85. The molecule has 1 aromatic carbocycles. The Bertz CT molecular complexity index is 476. The second kappa shape index (κ2) is 7.13. The predicted molar refractivity (Wildman–Crippen MR) is 90.0 cm³/mol. The van der Waals surface area contributed by atoms with Crippen LogP contribution in [-0.2, 0) is 11.2 Å². The van der Waals surface area contributed by atoms with E-state index in [1.54, 1.807) is 0 Å². The third-order valence-corrected chi connectivity index (χ3v) is 5.25. The van der Waals surface area contributed by atoms with Crippen molar-refractivity contribution in [3.8, 4) is 0 Å².